The summed E-state index contributed by atoms with van der Waals surface area (Å²) in [6.45, 7) is 6.48. The second-order valence-electron chi connectivity index (χ2n) is 10.9. The number of thiazole rings is 1. The van der Waals surface area contributed by atoms with Crippen molar-refractivity contribution in [1.82, 2.24) is 4.57 Å². The Morgan fingerprint density at radius 3 is 2.45 bits per heavy atom. The molecule has 5 rings (SSSR count). The predicted molar refractivity (Wildman–Crippen MR) is 187 cm³/mol. The first kappa shape index (κ1) is 35.1. The fourth-order valence-corrected chi connectivity index (χ4v) is 6.28. The number of methoxy groups -OCH3 is 1. The molecule has 0 saturated carbocycles. The van der Waals surface area contributed by atoms with Gasteiger partial charge in [-0.3, -0.25) is 14.2 Å². The summed E-state index contributed by atoms with van der Waals surface area (Å²) in [5, 5.41) is 2.79. The molecule has 256 valence electrons. The lowest BCUT2D eigenvalue weighted by atomic mass is 9.95. The number of amides is 1. The van der Waals surface area contributed by atoms with Crippen molar-refractivity contribution in [3.8, 4) is 17.2 Å². The number of allylic oxidation sites excluding steroid dienone is 1. The molecule has 1 atom stereocenters. The van der Waals surface area contributed by atoms with Crippen LogP contribution in [0.4, 0.5) is 5.69 Å². The summed E-state index contributed by atoms with van der Waals surface area (Å²) < 4.78 is 30.2. The SMILES string of the molecule is CCCOc1ccccc1[C@H]1C(C(=O)OCCOC)=C(C)N=c2s/c(=C/c3ccc(OCC(=O)Nc4ccccc4)c(OCC)c3)c(=O)n21. The highest BCUT2D eigenvalue weighted by molar-refractivity contribution is 7.07. The van der Waals surface area contributed by atoms with Crippen LogP contribution in [0.15, 0.2) is 93.9 Å². The first-order valence-electron chi connectivity index (χ1n) is 16.0. The number of ether oxygens (including phenoxy) is 5. The van der Waals surface area contributed by atoms with Crippen LogP contribution in [0.5, 0.6) is 17.2 Å². The van der Waals surface area contributed by atoms with E-state index in [0.29, 0.717) is 62.3 Å². The van der Waals surface area contributed by atoms with Crippen LogP contribution in [0.2, 0.25) is 0 Å². The molecule has 1 aliphatic rings. The second kappa shape index (κ2) is 16.8. The summed E-state index contributed by atoms with van der Waals surface area (Å²) in [5.74, 6) is 0.479. The number of benzene rings is 3. The fraction of sp³-hybridized carbons (Fsp3) is 0.297. The van der Waals surface area contributed by atoms with Crippen molar-refractivity contribution < 1.29 is 33.3 Å². The second-order valence-corrected chi connectivity index (χ2v) is 11.9. The molecule has 0 aliphatic carbocycles. The van der Waals surface area contributed by atoms with Crippen molar-refractivity contribution >= 4 is 35.0 Å². The number of carbonyl (C=O) groups excluding carboxylic acids is 2. The largest absolute Gasteiger partial charge is 0.493 e. The maximum Gasteiger partial charge on any atom is 0.338 e. The van der Waals surface area contributed by atoms with Crippen LogP contribution in [0.3, 0.4) is 0 Å². The standard InChI is InChI=1S/C37H39N3O8S/c1-5-18-46-28-15-11-10-14-27(28)34-33(36(43)47-20-19-44-4)24(3)38-37-40(34)35(42)31(49-37)22-25-16-17-29(30(21-25)45-6-2)48-23-32(41)39-26-12-8-7-9-13-26/h7-17,21-22,34H,5-6,18-20,23H2,1-4H3,(H,39,41)/b31-22+/t34-/m0/s1. The number of rotatable bonds is 15. The molecule has 1 amide bonds. The summed E-state index contributed by atoms with van der Waals surface area (Å²) >= 11 is 1.21. The molecule has 0 radical (unpaired) electrons. The number of aromatic nitrogens is 1. The predicted octanol–water partition coefficient (Wildman–Crippen LogP) is 4.63. The molecule has 0 spiro atoms. The van der Waals surface area contributed by atoms with Crippen LogP contribution in [-0.4, -0.2) is 56.6 Å². The summed E-state index contributed by atoms with van der Waals surface area (Å²) in [6, 6.07) is 20.9. The van der Waals surface area contributed by atoms with Gasteiger partial charge in [0, 0.05) is 18.4 Å². The summed E-state index contributed by atoms with van der Waals surface area (Å²) in [5.41, 5.74) is 2.36. The normalized spacial score (nSPS) is 14.1. The number of anilines is 1. The lowest BCUT2D eigenvalue weighted by Gasteiger charge is -2.26. The molecule has 11 nitrogen and oxygen atoms in total. The van der Waals surface area contributed by atoms with Gasteiger partial charge in [-0.05, 0) is 62.2 Å². The Kier molecular flexibility index (Phi) is 12.0. The third-order valence-corrected chi connectivity index (χ3v) is 8.40. The summed E-state index contributed by atoms with van der Waals surface area (Å²) in [4.78, 5) is 45.3. The highest BCUT2D eigenvalue weighted by atomic mass is 32.1. The van der Waals surface area contributed by atoms with E-state index in [9.17, 15) is 14.4 Å². The monoisotopic (exact) mass is 685 g/mol. The van der Waals surface area contributed by atoms with Crippen LogP contribution in [0, 0.1) is 0 Å². The Hall–Kier alpha value is -5.20. The number of esters is 1. The van der Waals surface area contributed by atoms with Crippen LogP contribution in [0.25, 0.3) is 6.08 Å². The highest BCUT2D eigenvalue weighted by Gasteiger charge is 2.35. The number of carbonyl (C=O) groups is 2. The molecule has 12 heteroatoms. The molecule has 49 heavy (non-hydrogen) atoms. The first-order chi connectivity index (χ1) is 23.8. The summed E-state index contributed by atoms with van der Waals surface area (Å²) in [6.07, 6.45) is 2.52. The zero-order valence-electron chi connectivity index (χ0n) is 27.9. The smallest absolute Gasteiger partial charge is 0.338 e. The van der Waals surface area contributed by atoms with Gasteiger partial charge in [-0.1, -0.05) is 60.7 Å². The number of para-hydroxylation sites is 2. The Morgan fingerprint density at radius 1 is 0.918 bits per heavy atom. The maximum atomic E-state index is 14.2. The zero-order chi connectivity index (χ0) is 34.8. The van der Waals surface area contributed by atoms with Crippen molar-refractivity contribution in [3.05, 3.63) is 115 Å². The van der Waals surface area contributed by atoms with Crippen molar-refractivity contribution in [2.45, 2.75) is 33.2 Å². The number of nitrogens with one attached hydrogen (secondary N) is 1. The minimum atomic E-state index is -0.835. The molecule has 1 aromatic heterocycles. The Balaban J connectivity index is 1.51. The molecule has 0 fully saturated rings. The molecule has 0 bridgehead atoms. The van der Waals surface area contributed by atoms with Crippen molar-refractivity contribution in [2.75, 3.05) is 45.5 Å². The van der Waals surface area contributed by atoms with Gasteiger partial charge in [0.25, 0.3) is 11.5 Å². The van der Waals surface area contributed by atoms with E-state index in [-0.39, 0.29) is 36.9 Å². The van der Waals surface area contributed by atoms with Crippen molar-refractivity contribution in [1.29, 1.82) is 0 Å². The average Bonchev–Trinajstić information content (AvgIpc) is 3.40. The van der Waals surface area contributed by atoms with Gasteiger partial charge < -0.3 is 29.0 Å². The van der Waals surface area contributed by atoms with E-state index in [1.165, 1.54) is 23.0 Å². The van der Waals surface area contributed by atoms with E-state index < -0.39 is 12.0 Å². The van der Waals surface area contributed by atoms with Gasteiger partial charge in [-0.25, -0.2) is 9.79 Å². The Bertz CT molecular complexity index is 2000. The first-order valence-corrected chi connectivity index (χ1v) is 16.8. The highest BCUT2D eigenvalue weighted by Crippen LogP contribution is 2.36. The molecule has 3 aromatic carbocycles. The van der Waals surface area contributed by atoms with Gasteiger partial charge in [0.15, 0.2) is 22.9 Å². The van der Waals surface area contributed by atoms with Crippen molar-refractivity contribution in [2.24, 2.45) is 4.99 Å². The van der Waals surface area contributed by atoms with E-state index in [0.717, 1.165) is 6.42 Å². The van der Waals surface area contributed by atoms with E-state index in [1.807, 2.05) is 56.3 Å². The molecule has 1 aliphatic heterocycles. The average molecular weight is 686 g/mol. The van der Waals surface area contributed by atoms with Crippen LogP contribution < -0.4 is 34.4 Å². The quantitative estimate of drug-likeness (QED) is 0.142. The van der Waals surface area contributed by atoms with Gasteiger partial charge in [0.1, 0.15) is 18.4 Å². The van der Waals surface area contributed by atoms with Gasteiger partial charge in [0.05, 0.1) is 35.6 Å². The molecular formula is C37H39N3O8S. The molecule has 2 heterocycles. The third-order valence-electron chi connectivity index (χ3n) is 7.42. The van der Waals surface area contributed by atoms with Gasteiger partial charge >= 0.3 is 5.97 Å². The van der Waals surface area contributed by atoms with Gasteiger partial charge in [-0.2, -0.15) is 0 Å². The number of hydrogen-bond donors (Lipinski definition) is 1. The number of hydrogen-bond acceptors (Lipinski definition) is 10. The lowest BCUT2D eigenvalue weighted by Crippen LogP contribution is -2.40. The van der Waals surface area contributed by atoms with Crippen LogP contribution >= 0.6 is 11.3 Å². The lowest BCUT2D eigenvalue weighted by molar-refractivity contribution is -0.140. The maximum absolute atomic E-state index is 14.2. The minimum Gasteiger partial charge on any atom is -0.493 e. The molecule has 0 saturated heterocycles. The molecule has 0 unspecified atom stereocenters. The van der Waals surface area contributed by atoms with E-state index >= 15 is 0 Å². The zero-order valence-corrected chi connectivity index (χ0v) is 28.7. The Labute approximate surface area is 288 Å². The minimum absolute atomic E-state index is 0.0524. The van der Waals surface area contributed by atoms with E-state index in [4.69, 9.17) is 23.7 Å². The van der Waals surface area contributed by atoms with Gasteiger partial charge in [-0.15, -0.1) is 0 Å². The van der Waals surface area contributed by atoms with E-state index in [2.05, 4.69) is 10.3 Å². The number of nitrogens with zero attached hydrogens (tertiary/aromatic N) is 2. The molecule has 4 aromatic rings. The summed E-state index contributed by atoms with van der Waals surface area (Å²) in [7, 11) is 1.52. The fourth-order valence-electron chi connectivity index (χ4n) is 5.24. The van der Waals surface area contributed by atoms with E-state index in [1.54, 1.807) is 43.3 Å². The topological polar surface area (TPSA) is 127 Å². The molecular weight excluding hydrogens is 646 g/mol. The van der Waals surface area contributed by atoms with Gasteiger partial charge in [0.2, 0.25) is 0 Å². The molecule has 1 N–H and O–H groups in total. The van der Waals surface area contributed by atoms with Crippen LogP contribution in [0.1, 0.15) is 44.4 Å². The number of fused-ring (bicyclic) bond motifs is 1. The van der Waals surface area contributed by atoms with Crippen molar-refractivity contribution in [3.63, 3.8) is 0 Å². The Morgan fingerprint density at radius 2 is 1.69 bits per heavy atom. The van der Waals surface area contributed by atoms with Crippen LogP contribution in [-0.2, 0) is 19.1 Å². The third kappa shape index (κ3) is 8.45.